The van der Waals surface area contributed by atoms with Gasteiger partial charge in [-0.3, -0.25) is 4.79 Å². The third kappa shape index (κ3) is 2.52. The van der Waals surface area contributed by atoms with Crippen molar-refractivity contribution in [2.45, 2.75) is 25.9 Å². The number of fused-ring (bicyclic) bond motifs is 1. The molecule has 21 heavy (non-hydrogen) atoms. The topological polar surface area (TPSA) is 93.4 Å². The molecule has 0 aromatic carbocycles. The smallest absolute Gasteiger partial charge is 0.346 e. The summed E-state index contributed by atoms with van der Waals surface area (Å²) in [6.07, 6.45) is 3.49. The van der Waals surface area contributed by atoms with Gasteiger partial charge in [0.15, 0.2) is 0 Å². The van der Waals surface area contributed by atoms with Crippen LogP contribution in [-0.4, -0.2) is 40.0 Å². The summed E-state index contributed by atoms with van der Waals surface area (Å²) in [5.74, 6) is -1.03. The molecule has 1 aliphatic rings. The number of aryl methyl sites for hydroxylation is 1. The number of aromatic carboxylic acids is 1. The van der Waals surface area contributed by atoms with E-state index in [2.05, 4.69) is 10.4 Å². The summed E-state index contributed by atoms with van der Waals surface area (Å²) >= 11 is 1.02. The molecule has 1 fully saturated rings. The SMILES string of the molecule is Cc1c(C(=O)O)sc2ncn(NCC3CCCO3)c(=O)c12. The zero-order chi connectivity index (χ0) is 15.0. The maximum atomic E-state index is 12.4. The lowest BCUT2D eigenvalue weighted by Crippen LogP contribution is -2.33. The number of thiophene rings is 1. The van der Waals surface area contributed by atoms with Crippen LogP contribution in [0, 0.1) is 6.92 Å². The van der Waals surface area contributed by atoms with E-state index >= 15 is 0 Å². The van der Waals surface area contributed by atoms with E-state index < -0.39 is 5.97 Å². The molecule has 0 radical (unpaired) electrons. The molecule has 2 N–H and O–H groups in total. The molecule has 1 atom stereocenters. The lowest BCUT2D eigenvalue weighted by Gasteiger charge is -2.13. The molecule has 7 nitrogen and oxygen atoms in total. The highest BCUT2D eigenvalue weighted by Crippen LogP contribution is 2.26. The zero-order valence-corrected chi connectivity index (χ0v) is 12.3. The monoisotopic (exact) mass is 309 g/mol. The molecular formula is C13H15N3O4S. The van der Waals surface area contributed by atoms with Gasteiger partial charge in [-0.25, -0.2) is 14.5 Å². The van der Waals surface area contributed by atoms with Crippen molar-refractivity contribution in [2.75, 3.05) is 18.6 Å². The predicted molar refractivity (Wildman–Crippen MR) is 78.8 cm³/mol. The van der Waals surface area contributed by atoms with Crippen LogP contribution >= 0.6 is 11.3 Å². The largest absolute Gasteiger partial charge is 0.477 e. The second-order valence-electron chi connectivity index (χ2n) is 4.96. The molecule has 3 heterocycles. The van der Waals surface area contributed by atoms with Gasteiger partial charge in [-0.1, -0.05) is 0 Å². The van der Waals surface area contributed by atoms with E-state index in [1.54, 1.807) is 6.92 Å². The second kappa shape index (κ2) is 5.45. The van der Waals surface area contributed by atoms with Gasteiger partial charge in [0.1, 0.15) is 16.0 Å². The zero-order valence-electron chi connectivity index (χ0n) is 11.5. The van der Waals surface area contributed by atoms with E-state index in [1.165, 1.54) is 11.0 Å². The van der Waals surface area contributed by atoms with Crippen LogP contribution in [0.5, 0.6) is 0 Å². The molecule has 3 rings (SSSR count). The average molecular weight is 309 g/mol. The number of carboxylic acid groups (broad SMARTS) is 1. The highest BCUT2D eigenvalue weighted by Gasteiger charge is 2.19. The number of nitrogens with zero attached hydrogens (tertiary/aromatic N) is 2. The minimum atomic E-state index is -1.03. The van der Waals surface area contributed by atoms with E-state index in [9.17, 15) is 9.59 Å². The fourth-order valence-corrected chi connectivity index (χ4v) is 3.42. The first kappa shape index (κ1) is 14.0. The van der Waals surface area contributed by atoms with E-state index in [0.29, 0.717) is 22.3 Å². The van der Waals surface area contributed by atoms with Gasteiger partial charge < -0.3 is 15.3 Å². The minimum Gasteiger partial charge on any atom is -0.477 e. The number of rotatable bonds is 4. The normalized spacial score (nSPS) is 18.2. The van der Waals surface area contributed by atoms with Gasteiger partial charge in [0.2, 0.25) is 0 Å². The highest BCUT2D eigenvalue weighted by atomic mass is 32.1. The Balaban J connectivity index is 1.93. The molecular weight excluding hydrogens is 294 g/mol. The number of nitrogens with one attached hydrogen (secondary N) is 1. The number of hydrogen-bond acceptors (Lipinski definition) is 6. The Kier molecular flexibility index (Phi) is 3.64. The maximum absolute atomic E-state index is 12.4. The molecule has 1 aliphatic heterocycles. The van der Waals surface area contributed by atoms with E-state index in [-0.39, 0.29) is 16.5 Å². The molecule has 0 saturated carbocycles. The molecule has 0 aliphatic carbocycles. The summed E-state index contributed by atoms with van der Waals surface area (Å²) in [5, 5.41) is 9.48. The highest BCUT2D eigenvalue weighted by molar-refractivity contribution is 7.20. The number of carbonyl (C=O) groups is 1. The quantitative estimate of drug-likeness (QED) is 0.881. The molecule has 2 aromatic heterocycles. The fraction of sp³-hybridized carbons (Fsp3) is 0.462. The molecule has 2 aromatic rings. The summed E-state index contributed by atoms with van der Waals surface area (Å²) < 4.78 is 6.79. The van der Waals surface area contributed by atoms with Crippen LogP contribution < -0.4 is 11.0 Å². The molecule has 1 unspecified atom stereocenters. The van der Waals surface area contributed by atoms with Gasteiger partial charge >= 0.3 is 5.97 Å². The minimum absolute atomic E-state index is 0.103. The van der Waals surface area contributed by atoms with Crippen LogP contribution in [0.3, 0.4) is 0 Å². The van der Waals surface area contributed by atoms with Crippen molar-refractivity contribution in [3.05, 3.63) is 27.1 Å². The second-order valence-corrected chi connectivity index (χ2v) is 5.96. The van der Waals surface area contributed by atoms with E-state index in [1.807, 2.05) is 0 Å². The first-order chi connectivity index (χ1) is 10.1. The van der Waals surface area contributed by atoms with E-state index in [4.69, 9.17) is 9.84 Å². The average Bonchev–Trinajstić information content (AvgIpc) is 3.06. The Morgan fingerprint density at radius 2 is 2.48 bits per heavy atom. The van der Waals surface area contributed by atoms with Crippen molar-refractivity contribution in [1.29, 1.82) is 0 Å². The number of carboxylic acids is 1. The first-order valence-corrected chi connectivity index (χ1v) is 7.49. The Labute approximate surface area is 124 Å². The summed E-state index contributed by atoms with van der Waals surface area (Å²) in [5.41, 5.74) is 3.17. The summed E-state index contributed by atoms with van der Waals surface area (Å²) in [6.45, 7) is 2.92. The summed E-state index contributed by atoms with van der Waals surface area (Å²) in [6, 6.07) is 0. The van der Waals surface area contributed by atoms with Crippen LogP contribution in [0.1, 0.15) is 28.1 Å². The maximum Gasteiger partial charge on any atom is 0.346 e. The Morgan fingerprint density at radius 1 is 1.67 bits per heavy atom. The molecule has 0 amide bonds. The standard InChI is InChI=1S/C13H15N3O4S/c1-7-9-11(21-10(7)13(18)19)14-6-16(12(9)17)15-5-8-3-2-4-20-8/h6,8,15H,2-5H2,1H3,(H,18,19). The van der Waals surface area contributed by atoms with Crippen molar-refractivity contribution in [2.24, 2.45) is 0 Å². The van der Waals surface area contributed by atoms with Crippen LogP contribution in [0.25, 0.3) is 10.2 Å². The molecule has 1 saturated heterocycles. The predicted octanol–water partition coefficient (Wildman–Crippen LogP) is 1.19. The van der Waals surface area contributed by atoms with Gasteiger partial charge in [-0.05, 0) is 25.3 Å². The van der Waals surface area contributed by atoms with Gasteiger partial charge in [0.05, 0.1) is 18.0 Å². The van der Waals surface area contributed by atoms with Gasteiger partial charge in [0.25, 0.3) is 5.56 Å². The van der Waals surface area contributed by atoms with Crippen molar-refractivity contribution in [1.82, 2.24) is 9.66 Å². The third-order valence-corrected chi connectivity index (χ3v) is 4.75. The number of ether oxygens (including phenoxy) is 1. The van der Waals surface area contributed by atoms with E-state index in [0.717, 1.165) is 30.8 Å². The lowest BCUT2D eigenvalue weighted by atomic mass is 10.2. The van der Waals surface area contributed by atoms with Crippen molar-refractivity contribution in [3.63, 3.8) is 0 Å². The summed E-state index contributed by atoms with van der Waals surface area (Å²) in [7, 11) is 0. The van der Waals surface area contributed by atoms with Crippen LogP contribution in [0.15, 0.2) is 11.1 Å². The van der Waals surface area contributed by atoms with Crippen LogP contribution in [0.4, 0.5) is 0 Å². The third-order valence-electron chi connectivity index (χ3n) is 3.56. The van der Waals surface area contributed by atoms with Crippen LogP contribution in [0.2, 0.25) is 0 Å². The van der Waals surface area contributed by atoms with Crippen molar-refractivity contribution < 1.29 is 14.6 Å². The number of hydrogen-bond donors (Lipinski definition) is 2. The van der Waals surface area contributed by atoms with Gasteiger partial charge in [-0.2, -0.15) is 0 Å². The number of aromatic nitrogens is 2. The molecule has 0 spiro atoms. The fourth-order valence-electron chi connectivity index (χ4n) is 2.45. The van der Waals surface area contributed by atoms with Crippen molar-refractivity contribution >= 4 is 27.5 Å². The van der Waals surface area contributed by atoms with Gasteiger partial charge in [-0.15, -0.1) is 11.3 Å². The molecule has 8 heteroatoms. The van der Waals surface area contributed by atoms with Gasteiger partial charge in [0, 0.05) is 6.61 Å². The Hall–Kier alpha value is -1.93. The molecule has 0 bridgehead atoms. The summed E-state index contributed by atoms with van der Waals surface area (Å²) in [4.78, 5) is 28.3. The Bertz CT molecular complexity index is 746. The lowest BCUT2D eigenvalue weighted by molar-refractivity contribution is 0.0701. The molecule has 112 valence electrons. The van der Waals surface area contributed by atoms with Crippen molar-refractivity contribution in [3.8, 4) is 0 Å². The van der Waals surface area contributed by atoms with Crippen LogP contribution in [-0.2, 0) is 4.74 Å². The first-order valence-electron chi connectivity index (χ1n) is 6.67. The Morgan fingerprint density at radius 3 is 3.14 bits per heavy atom.